The summed E-state index contributed by atoms with van der Waals surface area (Å²) in [6.45, 7) is 9.02. The third kappa shape index (κ3) is 7.35. The van der Waals surface area contributed by atoms with Crippen molar-refractivity contribution in [2.75, 3.05) is 18.1 Å². The summed E-state index contributed by atoms with van der Waals surface area (Å²) in [5, 5.41) is 3.49. The van der Waals surface area contributed by atoms with Gasteiger partial charge in [-0.15, -0.1) is 6.58 Å². The fourth-order valence-electron chi connectivity index (χ4n) is 4.66. The van der Waals surface area contributed by atoms with Crippen LogP contribution in [0.5, 0.6) is 0 Å². The van der Waals surface area contributed by atoms with Crippen LogP contribution in [0, 0.1) is 5.92 Å². The van der Waals surface area contributed by atoms with Crippen LogP contribution in [-0.2, 0) is 19.7 Å². The van der Waals surface area contributed by atoms with Crippen LogP contribution < -0.4 is 0 Å². The maximum absolute atomic E-state index is 13.7. The quantitative estimate of drug-likeness (QED) is 0.0788. The average molecular weight is 488 g/mol. The van der Waals surface area contributed by atoms with Crippen LogP contribution in [0.15, 0.2) is 29.9 Å². The van der Waals surface area contributed by atoms with Crippen molar-refractivity contribution in [3.63, 3.8) is 0 Å². The van der Waals surface area contributed by atoms with E-state index in [1.165, 1.54) is 25.3 Å². The van der Waals surface area contributed by atoms with Gasteiger partial charge in [0.15, 0.2) is 23.8 Å². The largest absolute Gasteiger partial charge is 0.227 e. The highest BCUT2D eigenvalue weighted by molar-refractivity contribution is 8.10. The molecule has 9 heteroatoms. The van der Waals surface area contributed by atoms with E-state index in [0.29, 0.717) is 19.3 Å². The van der Waals surface area contributed by atoms with Gasteiger partial charge in [0.2, 0.25) is 0 Å². The van der Waals surface area contributed by atoms with Gasteiger partial charge in [0.05, 0.1) is 18.1 Å². The van der Waals surface area contributed by atoms with Crippen molar-refractivity contribution in [1.82, 2.24) is 0 Å². The molecule has 1 saturated carbocycles. The molecule has 0 N–H and O–H groups in total. The first-order valence-corrected chi connectivity index (χ1v) is 15.3. The van der Waals surface area contributed by atoms with Gasteiger partial charge in [-0.3, -0.25) is 0 Å². The number of unbranched alkanes of at least 4 members (excludes halogenated alkanes) is 7. The smallest absolute Gasteiger partial charge is 0.199 e. The average Bonchev–Trinajstić information content (AvgIpc) is 2.76. The van der Waals surface area contributed by atoms with Crippen molar-refractivity contribution in [2.24, 2.45) is 11.0 Å². The second-order valence-corrected chi connectivity index (χ2v) is 13.7. The summed E-state index contributed by atoms with van der Waals surface area (Å²) in [7, 11) is -8.43. The van der Waals surface area contributed by atoms with Crippen molar-refractivity contribution in [3.05, 3.63) is 35.2 Å². The SMILES string of the molecule is C=CCS(=O)(=O)C(CN=[N+]=[N-])(C(=C)C1CCCCC1)S(=O)(=O)CCCCCCCCCC. The zero-order valence-electron chi connectivity index (χ0n) is 19.7. The minimum atomic E-state index is -4.24. The number of hydrogen-bond donors (Lipinski definition) is 0. The number of sulfone groups is 2. The third-order valence-corrected chi connectivity index (χ3v) is 12.4. The van der Waals surface area contributed by atoms with Crippen LogP contribution in [-0.4, -0.2) is 39.0 Å². The molecule has 0 radical (unpaired) electrons. The minimum absolute atomic E-state index is 0.172. The maximum atomic E-state index is 13.7. The number of rotatable bonds is 17. The first kappa shape index (κ1) is 28.7. The van der Waals surface area contributed by atoms with Gasteiger partial charge in [-0.2, -0.15) is 0 Å². The fraction of sp³-hybridized carbons (Fsp3) is 0.826. The number of nitrogens with zero attached hydrogens (tertiary/aromatic N) is 3. The van der Waals surface area contributed by atoms with Crippen LogP contribution in [0.3, 0.4) is 0 Å². The summed E-state index contributed by atoms with van der Waals surface area (Å²) >= 11 is 0. The Morgan fingerprint density at radius 1 is 1.00 bits per heavy atom. The van der Waals surface area contributed by atoms with E-state index in [1.54, 1.807) is 0 Å². The molecule has 0 heterocycles. The third-order valence-electron chi connectivity index (χ3n) is 6.54. The Balaban J connectivity index is 3.17. The van der Waals surface area contributed by atoms with Crippen molar-refractivity contribution in [3.8, 4) is 0 Å². The Morgan fingerprint density at radius 3 is 2.09 bits per heavy atom. The molecular weight excluding hydrogens is 446 g/mol. The highest BCUT2D eigenvalue weighted by atomic mass is 32.3. The second-order valence-electron chi connectivity index (χ2n) is 8.87. The van der Waals surface area contributed by atoms with E-state index in [0.717, 1.165) is 44.9 Å². The molecule has 184 valence electrons. The van der Waals surface area contributed by atoms with Crippen molar-refractivity contribution in [2.45, 2.75) is 94.5 Å². The van der Waals surface area contributed by atoms with Gasteiger partial charge < -0.3 is 0 Å². The van der Waals surface area contributed by atoms with Crippen LogP contribution in [0.1, 0.15) is 90.4 Å². The Labute approximate surface area is 195 Å². The van der Waals surface area contributed by atoms with Gasteiger partial charge in [0.25, 0.3) is 0 Å². The second kappa shape index (κ2) is 14.1. The Kier molecular flexibility index (Phi) is 12.6. The highest BCUT2D eigenvalue weighted by Crippen LogP contribution is 2.43. The first-order valence-electron chi connectivity index (χ1n) is 12.0. The van der Waals surface area contributed by atoms with E-state index in [4.69, 9.17) is 5.53 Å². The Bertz CT molecular complexity index is 856. The van der Waals surface area contributed by atoms with Gasteiger partial charge in [-0.25, -0.2) is 16.8 Å². The van der Waals surface area contributed by atoms with E-state index >= 15 is 0 Å². The predicted molar refractivity (Wildman–Crippen MR) is 133 cm³/mol. The molecule has 0 saturated heterocycles. The van der Waals surface area contributed by atoms with Gasteiger partial charge in [0.1, 0.15) is 0 Å². The number of hydrogen-bond acceptors (Lipinski definition) is 5. The molecule has 0 aromatic carbocycles. The van der Waals surface area contributed by atoms with E-state index < -0.39 is 36.1 Å². The molecule has 1 atom stereocenters. The highest BCUT2D eigenvalue weighted by Gasteiger charge is 2.56. The van der Waals surface area contributed by atoms with Crippen LogP contribution in [0.4, 0.5) is 0 Å². The molecule has 7 nitrogen and oxygen atoms in total. The molecule has 1 rings (SSSR count). The summed E-state index contributed by atoms with van der Waals surface area (Å²) in [5.41, 5.74) is 9.11. The maximum Gasteiger partial charge on any atom is 0.199 e. The predicted octanol–water partition coefficient (Wildman–Crippen LogP) is 6.29. The normalized spacial score (nSPS) is 17.3. The molecule has 1 fully saturated rings. The molecule has 0 aliphatic heterocycles. The standard InChI is InChI=1S/C23H41N3O4S2/c1-4-6-7-8-9-10-11-15-19-32(29,30)23(20-25-26-24,31(27,28)18-5-2)21(3)22-16-13-12-14-17-22/h5,22H,2-4,6-20H2,1H3. The van der Waals surface area contributed by atoms with E-state index in [1.807, 2.05) is 0 Å². The summed E-state index contributed by atoms with van der Waals surface area (Å²) in [4.78, 5) is 2.71. The van der Waals surface area contributed by atoms with Gasteiger partial charge in [0, 0.05) is 4.91 Å². The van der Waals surface area contributed by atoms with E-state index in [-0.39, 0.29) is 17.2 Å². The Morgan fingerprint density at radius 2 is 1.56 bits per heavy atom. The number of azide groups is 1. The van der Waals surface area contributed by atoms with Gasteiger partial charge in [-0.05, 0) is 36.3 Å². The Hall–Kier alpha value is -1.31. The summed E-state index contributed by atoms with van der Waals surface area (Å²) < 4.78 is 51.9. The van der Waals surface area contributed by atoms with Gasteiger partial charge in [-0.1, -0.05) is 88.9 Å². The monoisotopic (exact) mass is 487 g/mol. The molecule has 1 aliphatic carbocycles. The minimum Gasteiger partial charge on any atom is -0.227 e. The zero-order chi connectivity index (χ0) is 24.1. The van der Waals surface area contributed by atoms with E-state index in [2.05, 4.69) is 30.1 Å². The summed E-state index contributed by atoms with van der Waals surface area (Å²) in [5.74, 6) is -0.980. The van der Waals surface area contributed by atoms with E-state index in [9.17, 15) is 16.8 Å². The lowest BCUT2D eigenvalue weighted by atomic mass is 9.83. The van der Waals surface area contributed by atoms with Crippen molar-refractivity contribution < 1.29 is 16.8 Å². The van der Waals surface area contributed by atoms with Crippen LogP contribution >= 0.6 is 0 Å². The molecule has 0 aromatic rings. The molecule has 32 heavy (non-hydrogen) atoms. The summed E-state index contributed by atoms with van der Waals surface area (Å²) in [6.07, 6.45) is 13.2. The van der Waals surface area contributed by atoms with Crippen LogP contribution in [0.25, 0.3) is 10.4 Å². The van der Waals surface area contributed by atoms with Crippen molar-refractivity contribution in [1.29, 1.82) is 0 Å². The molecule has 0 aromatic heterocycles. The lowest BCUT2D eigenvalue weighted by Crippen LogP contribution is -2.53. The molecular formula is C23H41N3O4S2. The molecule has 0 amide bonds. The van der Waals surface area contributed by atoms with Gasteiger partial charge >= 0.3 is 0 Å². The lowest BCUT2D eigenvalue weighted by Gasteiger charge is -2.38. The first-order chi connectivity index (χ1) is 15.2. The topological polar surface area (TPSA) is 117 Å². The lowest BCUT2D eigenvalue weighted by molar-refractivity contribution is 0.389. The molecule has 0 spiro atoms. The molecule has 1 aliphatic rings. The molecule has 0 bridgehead atoms. The molecule has 1 unspecified atom stereocenters. The fourth-order valence-corrected chi connectivity index (χ4v) is 9.79. The summed E-state index contributed by atoms with van der Waals surface area (Å²) in [6, 6.07) is 0. The zero-order valence-corrected chi connectivity index (χ0v) is 21.3. The van der Waals surface area contributed by atoms with Crippen molar-refractivity contribution >= 4 is 19.7 Å². The van der Waals surface area contributed by atoms with Crippen LogP contribution in [0.2, 0.25) is 0 Å².